The van der Waals surface area contributed by atoms with Crippen molar-refractivity contribution in [3.8, 4) is 0 Å². The van der Waals surface area contributed by atoms with Gasteiger partial charge in [-0.3, -0.25) is 4.79 Å². The molecule has 1 heterocycles. The predicted octanol–water partition coefficient (Wildman–Crippen LogP) is 2.17. The van der Waals surface area contributed by atoms with E-state index in [-0.39, 0.29) is 11.9 Å². The first-order valence-corrected chi connectivity index (χ1v) is 6.41. The summed E-state index contributed by atoms with van der Waals surface area (Å²) in [6.07, 6.45) is 0. The summed E-state index contributed by atoms with van der Waals surface area (Å²) in [5.74, 6) is 5.51. The van der Waals surface area contributed by atoms with Crippen LogP contribution < -0.4 is 16.6 Å². The van der Waals surface area contributed by atoms with Gasteiger partial charge >= 0.3 is 0 Å². The summed E-state index contributed by atoms with van der Waals surface area (Å²) in [7, 11) is 0. The lowest BCUT2D eigenvalue weighted by Gasteiger charge is -2.14. The van der Waals surface area contributed by atoms with Crippen LogP contribution >= 0.6 is 0 Å². The average molecular weight is 270 g/mol. The van der Waals surface area contributed by atoms with Gasteiger partial charge in [-0.05, 0) is 31.5 Å². The summed E-state index contributed by atoms with van der Waals surface area (Å²) in [4.78, 5) is 16.2. The molecule has 0 aliphatic heterocycles. The minimum Gasteiger partial charge on any atom is -0.344 e. The van der Waals surface area contributed by atoms with E-state index in [9.17, 15) is 4.79 Å². The van der Waals surface area contributed by atoms with Crippen LogP contribution in [0.25, 0.3) is 0 Å². The highest BCUT2D eigenvalue weighted by atomic mass is 16.1. The first kappa shape index (κ1) is 14.0. The summed E-state index contributed by atoms with van der Waals surface area (Å²) in [6.45, 7) is 3.97. The zero-order chi connectivity index (χ0) is 14.5. The van der Waals surface area contributed by atoms with Gasteiger partial charge in [0.2, 0.25) is 0 Å². The van der Waals surface area contributed by atoms with Crippen molar-refractivity contribution >= 4 is 11.7 Å². The molecule has 0 saturated heterocycles. The van der Waals surface area contributed by atoms with Crippen LogP contribution in [-0.2, 0) is 0 Å². The molecule has 1 atom stereocenters. The third kappa shape index (κ3) is 3.33. The smallest absolute Gasteiger partial charge is 0.270 e. The lowest BCUT2D eigenvalue weighted by molar-refractivity contribution is 0.0935. The fourth-order valence-electron chi connectivity index (χ4n) is 1.85. The van der Waals surface area contributed by atoms with Gasteiger partial charge in [0.15, 0.2) is 0 Å². The van der Waals surface area contributed by atoms with Crippen molar-refractivity contribution in [3.05, 3.63) is 59.3 Å². The number of aryl methyl sites for hydroxylation is 1. The average Bonchev–Trinajstić information content (AvgIpc) is 2.47. The molecule has 104 valence electrons. The van der Waals surface area contributed by atoms with Crippen molar-refractivity contribution < 1.29 is 4.79 Å². The Morgan fingerprint density at radius 3 is 2.55 bits per heavy atom. The number of carbonyl (C=O) groups excluding carboxylic acids is 1. The zero-order valence-electron chi connectivity index (χ0n) is 11.6. The molecule has 1 aromatic heterocycles. The van der Waals surface area contributed by atoms with E-state index in [4.69, 9.17) is 5.84 Å². The maximum absolute atomic E-state index is 12.1. The number of aromatic nitrogens is 1. The topological polar surface area (TPSA) is 80.0 Å². The van der Waals surface area contributed by atoms with Crippen LogP contribution in [0.3, 0.4) is 0 Å². The van der Waals surface area contributed by atoms with E-state index in [1.165, 1.54) is 5.56 Å². The highest BCUT2D eigenvalue weighted by Gasteiger charge is 2.12. The van der Waals surface area contributed by atoms with Crippen molar-refractivity contribution in [3.63, 3.8) is 0 Å². The summed E-state index contributed by atoms with van der Waals surface area (Å²) < 4.78 is 0. The van der Waals surface area contributed by atoms with E-state index >= 15 is 0 Å². The molecule has 20 heavy (non-hydrogen) atoms. The lowest BCUT2D eigenvalue weighted by atomic mass is 10.1. The predicted molar refractivity (Wildman–Crippen MR) is 79.1 cm³/mol. The molecular weight excluding hydrogens is 252 g/mol. The first-order chi connectivity index (χ1) is 9.60. The van der Waals surface area contributed by atoms with Crippen LogP contribution in [0, 0.1) is 6.92 Å². The quantitative estimate of drug-likeness (QED) is 0.587. The Balaban J connectivity index is 2.08. The standard InChI is InChI=1S/C15H18N4O/c1-10-6-8-12(9-7-10)11(2)17-15(20)13-4-3-5-14(18-13)19-16/h3-9,11H,16H2,1-2H3,(H,17,20)(H,18,19). The van der Waals surface area contributed by atoms with Crippen LogP contribution in [0.2, 0.25) is 0 Å². The molecule has 5 nitrogen and oxygen atoms in total. The van der Waals surface area contributed by atoms with Crippen molar-refractivity contribution in [2.75, 3.05) is 5.43 Å². The van der Waals surface area contributed by atoms with E-state index in [2.05, 4.69) is 15.7 Å². The second kappa shape index (κ2) is 6.16. The Morgan fingerprint density at radius 2 is 1.90 bits per heavy atom. The first-order valence-electron chi connectivity index (χ1n) is 6.41. The van der Waals surface area contributed by atoms with Gasteiger partial charge in [-0.1, -0.05) is 35.9 Å². The molecule has 0 spiro atoms. The number of nitrogens with one attached hydrogen (secondary N) is 2. The Labute approximate surface area is 118 Å². The molecule has 2 rings (SSSR count). The maximum atomic E-state index is 12.1. The van der Waals surface area contributed by atoms with Crippen LogP contribution in [0.15, 0.2) is 42.5 Å². The van der Waals surface area contributed by atoms with Gasteiger partial charge in [-0.15, -0.1) is 0 Å². The minimum absolute atomic E-state index is 0.0839. The molecule has 4 N–H and O–H groups in total. The molecule has 1 aromatic carbocycles. The van der Waals surface area contributed by atoms with Gasteiger partial charge in [0.1, 0.15) is 11.5 Å². The number of rotatable bonds is 4. The van der Waals surface area contributed by atoms with Gasteiger partial charge < -0.3 is 10.7 Å². The third-order valence-electron chi connectivity index (χ3n) is 3.05. The van der Waals surface area contributed by atoms with Gasteiger partial charge in [0.25, 0.3) is 5.91 Å². The van der Waals surface area contributed by atoms with Crippen molar-refractivity contribution in [2.45, 2.75) is 19.9 Å². The lowest BCUT2D eigenvalue weighted by Crippen LogP contribution is -2.27. The summed E-state index contributed by atoms with van der Waals surface area (Å²) in [5.41, 5.74) is 5.00. The summed E-state index contributed by atoms with van der Waals surface area (Å²) in [6, 6.07) is 13.0. The van der Waals surface area contributed by atoms with Crippen molar-refractivity contribution in [2.24, 2.45) is 5.84 Å². The highest BCUT2D eigenvalue weighted by Crippen LogP contribution is 2.14. The number of nitrogen functional groups attached to an aromatic ring is 1. The molecule has 0 aliphatic rings. The number of anilines is 1. The number of pyridine rings is 1. The van der Waals surface area contributed by atoms with Crippen LogP contribution in [0.4, 0.5) is 5.82 Å². The second-order valence-electron chi connectivity index (χ2n) is 4.66. The number of carbonyl (C=O) groups is 1. The highest BCUT2D eigenvalue weighted by molar-refractivity contribution is 5.92. The van der Waals surface area contributed by atoms with Gasteiger partial charge in [0.05, 0.1) is 6.04 Å². The number of hydrogen-bond donors (Lipinski definition) is 3. The second-order valence-corrected chi connectivity index (χ2v) is 4.66. The third-order valence-corrected chi connectivity index (χ3v) is 3.05. The Hall–Kier alpha value is -2.40. The van der Waals surface area contributed by atoms with Crippen LogP contribution in [0.1, 0.15) is 34.6 Å². The Bertz CT molecular complexity index is 595. The normalized spacial score (nSPS) is 11.8. The van der Waals surface area contributed by atoms with Gasteiger partial charge in [-0.2, -0.15) is 0 Å². The molecule has 5 heteroatoms. The largest absolute Gasteiger partial charge is 0.344 e. The maximum Gasteiger partial charge on any atom is 0.270 e. The number of hydrazine groups is 1. The number of amides is 1. The molecule has 0 radical (unpaired) electrons. The molecule has 1 unspecified atom stereocenters. The zero-order valence-corrected chi connectivity index (χ0v) is 11.6. The van der Waals surface area contributed by atoms with Gasteiger partial charge in [0, 0.05) is 0 Å². The van der Waals surface area contributed by atoms with Crippen LogP contribution in [-0.4, -0.2) is 10.9 Å². The minimum atomic E-state index is -0.227. The molecule has 2 aromatic rings. The van der Waals surface area contributed by atoms with Crippen LogP contribution in [0.5, 0.6) is 0 Å². The van der Waals surface area contributed by atoms with Gasteiger partial charge in [-0.25, -0.2) is 10.8 Å². The monoisotopic (exact) mass is 270 g/mol. The Morgan fingerprint density at radius 1 is 1.20 bits per heavy atom. The van der Waals surface area contributed by atoms with E-state index in [0.29, 0.717) is 11.5 Å². The fraction of sp³-hybridized carbons (Fsp3) is 0.200. The number of hydrogen-bond acceptors (Lipinski definition) is 4. The van der Waals surface area contributed by atoms with Crippen molar-refractivity contribution in [1.29, 1.82) is 0 Å². The Kier molecular flexibility index (Phi) is 4.32. The summed E-state index contributed by atoms with van der Waals surface area (Å²) in [5, 5.41) is 2.91. The molecule has 1 amide bonds. The number of nitrogens with two attached hydrogens (primary N) is 1. The number of nitrogens with zero attached hydrogens (tertiary/aromatic N) is 1. The van der Waals surface area contributed by atoms with E-state index in [0.717, 1.165) is 5.56 Å². The summed E-state index contributed by atoms with van der Waals surface area (Å²) >= 11 is 0. The molecule has 0 saturated carbocycles. The fourth-order valence-corrected chi connectivity index (χ4v) is 1.85. The molecule has 0 bridgehead atoms. The van der Waals surface area contributed by atoms with E-state index < -0.39 is 0 Å². The molecular formula is C15H18N4O. The molecule has 0 aliphatic carbocycles. The van der Waals surface area contributed by atoms with Crippen molar-refractivity contribution in [1.82, 2.24) is 10.3 Å². The van der Waals surface area contributed by atoms with E-state index in [1.54, 1.807) is 18.2 Å². The SMILES string of the molecule is Cc1ccc(C(C)NC(=O)c2cccc(NN)n2)cc1. The van der Waals surface area contributed by atoms with E-state index in [1.807, 2.05) is 38.1 Å². The number of benzene rings is 1. The molecule has 0 fully saturated rings.